The molecule has 2 aliphatic rings. The van der Waals surface area contributed by atoms with Crippen LogP contribution in [0.1, 0.15) is 125 Å². The van der Waals surface area contributed by atoms with E-state index in [0.29, 0.717) is 0 Å². The van der Waals surface area contributed by atoms with Crippen LogP contribution < -0.4 is 0 Å². The second kappa shape index (κ2) is 15.9. The Balaban J connectivity index is 1.66. The van der Waals surface area contributed by atoms with Gasteiger partial charge in [-0.1, -0.05) is 0 Å². The number of allylic oxidation sites excluding steroid dienone is 8. The van der Waals surface area contributed by atoms with Crippen molar-refractivity contribution in [3.63, 3.8) is 0 Å². The average molecular weight is 598 g/mol. The van der Waals surface area contributed by atoms with Crippen molar-refractivity contribution >= 4 is 11.1 Å². The Bertz CT molecular complexity index is 1070. The van der Waals surface area contributed by atoms with Gasteiger partial charge in [0.25, 0.3) is 0 Å². The minimum absolute atomic E-state index is 0.853. The molecule has 39 heavy (non-hydrogen) atoms. The molecule has 0 amide bonds. The summed E-state index contributed by atoms with van der Waals surface area (Å²) in [6.07, 6.45) is 27.2. The standard InChI is InChI=1S/2C19H25.Zr/c2*1-3-5-9-16-13-17(10-6-4-2)15-19(14-16)18-11-7-8-12-18;/h2*7,11,13-15H,3-6,8-10H2,1-2H3;. The third-order valence-corrected chi connectivity index (χ3v) is 12.0. The van der Waals surface area contributed by atoms with E-state index < -0.39 is 23.2 Å². The van der Waals surface area contributed by atoms with Gasteiger partial charge in [-0.15, -0.1) is 0 Å². The van der Waals surface area contributed by atoms with Crippen molar-refractivity contribution in [2.24, 2.45) is 0 Å². The van der Waals surface area contributed by atoms with Crippen molar-refractivity contribution in [2.45, 2.75) is 118 Å². The van der Waals surface area contributed by atoms with Gasteiger partial charge in [-0.2, -0.15) is 0 Å². The Morgan fingerprint density at radius 2 is 0.821 bits per heavy atom. The fraction of sp³-hybridized carbons (Fsp3) is 0.474. The van der Waals surface area contributed by atoms with Gasteiger partial charge in [0.1, 0.15) is 0 Å². The molecule has 0 spiro atoms. The van der Waals surface area contributed by atoms with E-state index in [-0.39, 0.29) is 0 Å². The van der Waals surface area contributed by atoms with Crippen LogP contribution in [0.25, 0.3) is 11.1 Å². The molecular weight excluding hydrogens is 548 g/mol. The Hall–Kier alpha value is -1.72. The topological polar surface area (TPSA) is 0 Å². The first-order chi connectivity index (χ1) is 19.1. The molecule has 4 rings (SSSR count). The van der Waals surface area contributed by atoms with E-state index in [1.165, 1.54) is 101 Å². The first kappa shape index (κ1) is 30.2. The summed E-state index contributed by atoms with van der Waals surface area (Å²) in [5, 5.41) is 0. The van der Waals surface area contributed by atoms with Gasteiger partial charge in [0.05, 0.1) is 0 Å². The van der Waals surface area contributed by atoms with Gasteiger partial charge in [-0.25, -0.2) is 0 Å². The van der Waals surface area contributed by atoms with Crippen molar-refractivity contribution in [1.82, 2.24) is 0 Å². The quantitative estimate of drug-likeness (QED) is 0.180. The van der Waals surface area contributed by atoms with Crippen molar-refractivity contribution < 1.29 is 23.2 Å². The van der Waals surface area contributed by atoms with E-state index in [0.717, 1.165) is 0 Å². The fourth-order valence-corrected chi connectivity index (χ4v) is 9.67. The fourth-order valence-electron chi connectivity index (χ4n) is 5.91. The average Bonchev–Trinajstić information content (AvgIpc) is 3.62. The zero-order valence-corrected chi connectivity index (χ0v) is 27.6. The molecule has 2 aromatic carbocycles. The van der Waals surface area contributed by atoms with Crippen LogP contribution in [0.2, 0.25) is 0 Å². The summed E-state index contributed by atoms with van der Waals surface area (Å²) in [6, 6.07) is 15.1. The molecule has 0 nitrogen and oxygen atoms in total. The van der Waals surface area contributed by atoms with Gasteiger partial charge < -0.3 is 0 Å². The normalized spacial score (nSPS) is 14.8. The molecule has 0 saturated heterocycles. The van der Waals surface area contributed by atoms with Crippen LogP contribution >= 0.6 is 0 Å². The van der Waals surface area contributed by atoms with Crippen LogP contribution in [0.5, 0.6) is 0 Å². The zero-order chi connectivity index (χ0) is 27.5. The number of hydrogen-bond donors (Lipinski definition) is 0. The number of hydrogen-bond acceptors (Lipinski definition) is 0. The molecule has 0 bridgehead atoms. The first-order valence-corrected chi connectivity index (χ1v) is 18.4. The van der Waals surface area contributed by atoms with E-state index in [9.17, 15) is 0 Å². The molecule has 206 valence electrons. The molecule has 2 aliphatic carbocycles. The maximum absolute atomic E-state index is 2.52. The number of rotatable bonds is 16. The second-order valence-corrected chi connectivity index (χ2v) is 15.2. The summed E-state index contributed by atoms with van der Waals surface area (Å²) >= 11 is -0.853. The van der Waals surface area contributed by atoms with Crippen LogP contribution in [-0.2, 0) is 48.9 Å². The predicted octanol–water partition coefficient (Wildman–Crippen LogP) is 11.2. The summed E-state index contributed by atoms with van der Waals surface area (Å²) in [5.41, 5.74) is 12.3. The number of aryl methyl sites for hydroxylation is 4. The molecule has 1 heteroatoms. The molecule has 0 saturated carbocycles. The first-order valence-electron chi connectivity index (χ1n) is 16.0. The maximum atomic E-state index is 2.52. The summed E-state index contributed by atoms with van der Waals surface area (Å²) in [4.78, 5) is 0. The molecule has 0 heterocycles. The van der Waals surface area contributed by atoms with E-state index in [1.54, 1.807) is 40.0 Å². The summed E-state index contributed by atoms with van der Waals surface area (Å²) in [5.74, 6) is 0. The molecule has 0 radical (unpaired) electrons. The molecule has 0 aromatic heterocycles. The molecule has 0 unspecified atom stereocenters. The molecule has 0 N–H and O–H groups in total. The molecule has 0 fully saturated rings. The second-order valence-electron chi connectivity index (χ2n) is 11.6. The Labute approximate surface area is 251 Å². The molecule has 2 aromatic rings. The SMILES string of the molecule is CCCCc1cc(CCCC)cc(C2=[C]([Zr][C]3=C(c4cc(CCCC)cc(CCCC)c4)C=CC3)CC=C2)c1. The third kappa shape index (κ3) is 8.63. The van der Waals surface area contributed by atoms with E-state index in [1.807, 2.05) is 0 Å². The Morgan fingerprint density at radius 3 is 1.13 bits per heavy atom. The summed E-state index contributed by atoms with van der Waals surface area (Å²) < 4.78 is 3.55. The molecular formula is C38H50Zr. The molecule has 0 aliphatic heterocycles. The van der Waals surface area contributed by atoms with E-state index in [2.05, 4.69) is 88.4 Å². The molecule has 0 atom stereocenters. The third-order valence-electron chi connectivity index (χ3n) is 8.17. The van der Waals surface area contributed by atoms with Gasteiger partial charge >= 0.3 is 253 Å². The van der Waals surface area contributed by atoms with Crippen LogP contribution in [0.4, 0.5) is 0 Å². The minimum atomic E-state index is -0.853. The Morgan fingerprint density at radius 1 is 0.487 bits per heavy atom. The van der Waals surface area contributed by atoms with Crippen LogP contribution in [0, 0.1) is 0 Å². The Kier molecular flexibility index (Phi) is 12.3. The van der Waals surface area contributed by atoms with Crippen molar-refractivity contribution in [3.05, 3.63) is 101 Å². The summed E-state index contributed by atoms with van der Waals surface area (Å²) in [6.45, 7) is 9.23. The van der Waals surface area contributed by atoms with E-state index >= 15 is 0 Å². The summed E-state index contributed by atoms with van der Waals surface area (Å²) in [7, 11) is 0. The van der Waals surface area contributed by atoms with Crippen molar-refractivity contribution in [1.29, 1.82) is 0 Å². The van der Waals surface area contributed by atoms with Gasteiger partial charge in [0.15, 0.2) is 0 Å². The van der Waals surface area contributed by atoms with Crippen LogP contribution in [0.15, 0.2) is 67.3 Å². The zero-order valence-electron chi connectivity index (χ0n) is 25.2. The van der Waals surface area contributed by atoms with Crippen LogP contribution in [-0.4, -0.2) is 0 Å². The monoisotopic (exact) mass is 596 g/mol. The number of benzene rings is 2. The van der Waals surface area contributed by atoms with Crippen molar-refractivity contribution in [3.8, 4) is 0 Å². The van der Waals surface area contributed by atoms with E-state index in [4.69, 9.17) is 0 Å². The van der Waals surface area contributed by atoms with Gasteiger partial charge in [-0.3, -0.25) is 0 Å². The van der Waals surface area contributed by atoms with Gasteiger partial charge in [0, 0.05) is 0 Å². The number of unbranched alkanes of at least 4 members (excludes halogenated alkanes) is 4. The van der Waals surface area contributed by atoms with Crippen molar-refractivity contribution in [2.75, 3.05) is 0 Å². The van der Waals surface area contributed by atoms with Crippen LogP contribution in [0.3, 0.4) is 0 Å². The van der Waals surface area contributed by atoms with Gasteiger partial charge in [0.2, 0.25) is 0 Å². The van der Waals surface area contributed by atoms with Gasteiger partial charge in [-0.05, 0) is 0 Å². The predicted molar refractivity (Wildman–Crippen MR) is 169 cm³/mol.